The van der Waals surface area contributed by atoms with Crippen LogP contribution >= 0.6 is 11.6 Å². The van der Waals surface area contributed by atoms with Gasteiger partial charge >= 0.3 is 0 Å². The van der Waals surface area contributed by atoms with Gasteiger partial charge in [0.2, 0.25) is 0 Å². The Bertz CT molecular complexity index is 931. The van der Waals surface area contributed by atoms with Crippen molar-refractivity contribution in [2.45, 2.75) is 13.5 Å². The van der Waals surface area contributed by atoms with Gasteiger partial charge in [0.25, 0.3) is 5.91 Å². The highest BCUT2D eigenvalue weighted by Gasteiger charge is 2.10. The van der Waals surface area contributed by atoms with Crippen LogP contribution in [-0.4, -0.2) is 16.1 Å². The summed E-state index contributed by atoms with van der Waals surface area (Å²) in [5.41, 5.74) is 2.37. The van der Waals surface area contributed by atoms with Gasteiger partial charge in [0.15, 0.2) is 11.5 Å². The maximum Gasteiger partial charge on any atom is 0.272 e. The van der Waals surface area contributed by atoms with Gasteiger partial charge in [-0.1, -0.05) is 35.9 Å². The van der Waals surface area contributed by atoms with Gasteiger partial charge in [-0.25, -0.2) is 4.39 Å². The van der Waals surface area contributed by atoms with Gasteiger partial charge in [0.1, 0.15) is 5.82 Å². The molecule has 0 fully saturated rings. The van der Waals surface area contributed by atoms with Gasteiger partial charge in [0.05, 0.1) is 0 Å². The average molecular weight is 371 g/mol. The lowest BCUT2D eigenvalue weighted by Gasteiger charge is -2.09. The number of nitrogens with zero attached hydrogens (tertiary/aromatic N) is 2. The number of carbonyl (C=O) groups excluding carboxylic acids is 1. The van der Waals surface area contributed by atoms with Crippen LogP contribution in [0.2, 0.25) is 5.02 Å². The van der Waals surface area contributed by atoms with Crippen LogP contribution in [-0.2, 0) is 6.54 Å². The SMILES string of the molecule is Cc1ccc(Cl)cc1Nc1ccc(C(=O)NCc2ccccc2F)nn1. The van der Waals surface area contributed by atoms with Crippen molar-refractivity contribution >= 4 is 29.0 Å². The zero-order valence-electron chi connectivity index (χ0n) is 14.0. The molecule has 0 saturated heterocycles. The van der Waals surface area contributed by atoms with E-state index in [1.807, 2.05) is 13.0 Å². The van der Waals surface area contributed by atoms with Crippen LogP contribution in [0.25, 0.3) is 0 Å². The zero-order chi connectivity index (χ0) is 18.5. The molecule has 0 radical (unpaired) electrons. The first-order chi connectivity index (χ1) is 12.5. The van der Waals surface area contributed by atoms with Crippen molar-refractivity contribution < 1.29 is 9.18 Å². The van der Waals surface area contributed by atoms with Gasteiger partial charge in [-0.05, 0) is 42.8 Å². The molecule has 26 heavy (non-hydrogen) atoms. The summed E-state index contributed by atoms with van der Waals surface area (Å²) in [4.78, 5) is 12.1. The Hall–Kier alpha value is -2.99. The van der Waals surface area contributed by atoms with Gasteiger partial charge in [-0.15, -0.1) is 10.2 Å². The summed E-state index contributed by atoms with van der Waals surface area (Å²) < 4.78 is 13.6. The molecule has 3 aromatic rings. The second-order valence-corrected chi connectivity index (χ2v) is 6.10. The number of benzene rings is 2. The van der Waals surface area contributed by atoms with E-state index < -0.39 is 5.91 Å². The van der Waals surface area contributed by atoms with Crippen LogP contribution < -0.4 is 10.6 Å². The Morgan fingerprint density at radius 1 is 1.12 bits per heavy atom. The molecular formula is C19H16ClFN4O. The fraction of sp³-hybridized carbons (Fsp3) is 0.105. The molecule has 1 heterocycles. The number of anilines is 2. The standard InChI is InChI=1S/C19H16ClFN4O/c1-12-6-7-14(20)10-17(12)23-18-9-8-16(24-25-18)19(26)22-11-13-4-2-3-5-15(13)21/h2-10H,11H2,1H3,(H,22,26)(H,23,25). The van der Waals surface area contributed by atoms with Gasteiger partial charge in [-0.2, -0.15) is 0 Å². The van der Waals surface area contributed by atoms with Gasteiger partial charge in [0, 0.05) is 22.8 Å². The van der Waals surface area contributed by atoms with E-state index in [2.05, 4.69) is 20.8 Å². The summed E-state index contributed by atoms with van der Waals surface area (Å²) in [6.07, 6.45) is 0. The van der Waals surface area contributed by atoms with Crippen LogP contribution in [0.5, 0.6) is 0 Å². The molecule has 0 aliphatic carbocycles. The summed E-state index contributed by atoms with van der Waals surface area (Å²) >= 11 is 5.99. The molecule has 0 spiro atoms. The predicted octanol–water partition coefficient (Wildman–Crippen LogP) is 4.25. The Kier molecular flexibility index (Phi) is 5.43. The minimum Gasteiger partial charge on any atom is -0.346 e. The lowest BCUT2D eigenvalue weighted by molar-refractivity contribution is 0.0944. The summed E-state index contributed by atoms with van der Waals surface area (Å²) in [5.74, 6) is -0.303. The molecule has 7 heteroatoms. The largest absolute Gasteiger partial charge is 0.346 e. The molecule has 0 unspecified atom stereocenters. The quantitative estimate of drug-likeness (QED) is 0.704. The molecule has 0 saturated carbocycles. The van der Waals surface area contributed by atoms with Crippen LogP contribution in [0.4, 0.5) is 15.9 Å². The van der Waals surface area contributed by atoms with E-state index in [-0.39, 0.29) is 18.1 Å². The second-order valence-electron chi connectivity index (χ2n) is 5.66. The molecular weight excluding hydrogens is 355 g/mol. The highest BCUT2D eigenvalue weighted by atomic mass is 35.5. The zero-order valence-corrected chi connectivity index (χ0v) is 14.7. The van der Waals surface area contributed by atoms with Crippen molar-refractivity contribution in [1.29, 1.82) is 0 Å². The first-order valence-corrected chi connectivity index (χ1v) is 8.29. The van der Waals surface area contributed by atoms with Gasteiger partial charge < -0.3 is 10.6 Å². The molecule has 2 N–H and O–H groups in total. The van der Waals surface area contributed by atoms with Crippen molar-refractivity contribution in [2.75, 3.05) is 5.32 Å². The maximum absolute atomic E-state index is 13.6. The number of rotatable bonds is 5. The van der Waals surface area contributed by atoms with Crippen molar-refractivity contribution in [1.82, 2.24) is 15.5 Å². The van der Waals surface area contributed by atoms with E-state index in [9.17, 15) is 9.18 Å². The van der Waals surface area contributed by atoms with Crippen molar-refractivity contribution in [2.24, 2.45) is 0 Å². The Labute approximate surface area is 155 Å². The fourth-order valence-electron chi connectivity index (χ4n) is 2.29. The molecule has 1 aromatic heterocycles. The fourth-order valence-corrected chi connectivity index (χ4v) is 2.47. The molecule has 0 atom stereocenters. The number of aryl methyl sites for hydroxylation is 1. The van der Waals surface area contributed by atoms with E-state index in [4.69, 9.17) is 11.6 Å². The second kappa shape index (κ2) is 7.93. The average Bonchev–Trinajstić information content (AvgIpc) is 2.64. The number of halogens is 2. The number of nitrogens with one attached hydrogen (secondary N) is 2. The smallest absolute Gasteiger partial charge is 0.272 e. The minimum absolute atomic E-state index is 0.0783. The first-order valence-electron chi connectivity index (χ1n) is 7.91. The maximum atomic E-state index is 13.6. The van der Waals surface area contributed by atoms with Crippen LogP contribution in [0.15, 0.2) is 54.6 Å². The van der Waals surface area contributed by atoms with E-state index in [1.165, 1.54) is 6.07 Å². The van der Waals surface area contributed by atoms with Crippen molar-refractivity contribution in [3.8, 4) is 0 Å². The first kappa shape index (κ1) is 17.8. The summed E-state index contributed by atoms with van der Waals surface area (Å²) in [7, 11) is 0. The van der Waals surface area contributed by atoms with Crippen LogP contribution in [0, 0.1) is 12.7 Å². The molecule has 2 aromatic carbocycles. The highest BCUT2D eigenvalue weighted by Crippen LogP contribution is 2.23. The van der Waals surface area contributed by atoms with E-state index in [0.29, 0.717) is 16.4 Å². The third-order valence-electron chi connectivity index (χ3n) is 3.76. The molecule has 132 valence electrons. The number of hydrogen-bond donors (Lipinski definition) is 2. The Morgan fingerprint density at radius 2 is 1.92 bits per heavy atom. The lowest BCUT2D eigenvalue weighted by Crippen LogP contribution is -2.24. The number of hydrogen-bond acceptors (Lipinski definition) is 4. The van der Waals surface area contributed by atoms with Crippen LogP contribution in [0.1, 0.15) is 21.6 Å². The summed E-state index contributed by atoms with van der Waals surface area (Å²) in [5, 5.41) is 14.2. The molecule has 0 bridgehead atoms. The third kappa shape index (κ3) is 4.34. The van der Waals surface area contributed by atoms with E-state index >= 15 is 0 Å². The van der Waals surface area contributed by atoms with Crippen molar-refractivity contribution in [3.63, 3.8) is 0 Å². The topological polar surface area (TPSA) is 66.9 Å². The molecule has 0 aliphatic heterocycles. The minimum atomic E-state index is -0.425. The van der Waals surface area contributed by atoms with Crippen LogP contribution in [0.3, 0.4) is 0 Å². The molecule has 1 amide bonds. The molecule has 5 nitrogen and oxygen atoms in total. The predicted molar refractivity (Wildman–Crippen MR) is 99.1 cm³/mol. The van der Waals surface area contributed by atoms with E-state index in [0.717, 1.165) is 11.3 Å². The van der Waals surface area contributed by atoms with Crippen molar-refractivity contribution in [3.05, 3.63) is 82.3 Å². The summed E-state index contributed by atoms with van der Waals surface area (Å²) in [6, 6.07) is 14.9. The van der Waals surface area contributed by atoms with E-state index in [1.54, 1.807) is 42.5 Å². The Morgan fingerprint density at radius 3 is 2.65 bits per heavy atom. The molecule has 3 rings (SSSR count). The normalized spacial score (nSPS) is 10.4. The molecule has 0 aliphatic rings. The monoisotopic (exact) mass is 370 g/mol. The third-order valence-corrected chi connectivity index (χ3v) is 3.99. The number of amides is 1. The number of carbonyl (C=O) groups is 1. The highest BCUT2D eigenvalue weighted by molar-refractivity contribution is 6.30. The Balaban J connectivity index is 1.64. The van der Waals surface area contributed by atoms with Gasteiger partial charge in [-0.3, -0.25) is 4.79 Å². The lowest BCUT2D eigenvalue weighted by atomic mass is 10.2. The summed E-state index contributed by atoms with van der Waals surface area (Å²) in [6.45, 7) is 2.02. The number of aromatic nitrogens is 2.